The van der Waals surface area contributed by atoms with E-state index >= 15 is 0 Å². The second-order valence-electron chi connectivity index (χ2n) is 7.36. The van der Waals surface area contributed by atoms with Crippen LogP contribution in [0.25, 0.3) is 0 Å². The summed E-state index contributed by atoms with van der Waals surface area (Å²) in [5.74, 6) is 8.24. The highest BCUT2D eigenvalue weighted by atomic mass is 14.2. The van der Waals surface area contributed by atoms with Gasteiger partial charge < -0.3 is 0 Å². The number of hydrogen-bond donors (Lipinski definition) is 0. The highest BCUT2D eigenvalue weighted by molar-refractivity contribution is 5.37. The van der Waals surface area contributed by atoms with Crippen LogP contribution in [0.4, 0.5) is 0 Å². The third kappa shape index (κ3) is 4.99. The Labute approximate surface area is 153 Å². The minimum Gasteiger partial charge on any atom is -0.0945 e. The normalized spacial score (nSPS) is 19.9. The SMILES string of the molecule is CCCc1ccc(C#CC2CCC(c3ccc(CC)cc3)CC2)cc1. The van der Waals surface area contributed by atoms with Crippen molar-refractivity contribution in [3.05, 3.63) is 70.8 Å². The fourth-order valence-corrected chi connectivity index (χ4v) is 3.83. The van der Waals surface area contributed by atoms with Gasteiger partial charge in [-0.05, 0) is 73.3 Å². The molecule has 0 unspecified atom stereocenters. The Hall–Kier alpha value is -2.00. The molecule has 0 nitrogen and oxygen atoms in total. The first-order valence-electron chi connectivity index (χ1n) is 9.97. The second-order valence-corrected chi connectivity index (χ2v) is 7.36. The van der Waals surface area contributed by atoms with Crippen LogP contribution in [-0.2, 0) is 12.8 Å². The van der Waals surface area contributed by atoms with Gasteiger partial charge in [0.05, 0.1) is 0 Å². The van der Waals surface area contributed by atoms with Crippen molar-refractivity contribution in [1.82, 2.24) is 0 Å². The van der Waals surface area contributed by atoms with Crippen molar-refractivity contribution in [2.24, 2.45) is 5.92 Å². The van der Waals surface area contributed by atoms with Gasteiger partial charge >= 0.3 is 0 Å². The van der Waals surface area contributed by atoms with Gasteiger partial charge in [-0.25, -0.2) is 0 Å². The van der Waals surface area contributed by atoms with Gasteiger partial charge in [-0.2, -0.15) is 0 Å². The highest BCUT2D eigenvalue weighted by Crippen LogP contribution is 2.35. The maximum atomic E-state index is 3.53. The summed E-state index contributed by atoms with van der Waals surface area (Å²) in [4.78, 5) is 0. The molecule has 0 spiro atoms. The molecule has 0 aromatic heterocycles. The van der Waals surface area contributed by atoms with Crippen LogP contribution in [0.15, 0.2) is 48.5 Å². The van der Waals surface area contributed by atoms with Crippen LogP contribution in [0, 0.1) is 17.8 Å². The number of benzene rings is 2. The lowest BCUT2D eigenvalue weighted by Gasteiger charge is -2.26. The Balaban J connectivity index is 1.54. The molecule has 1 saturated carbocycles. The zero-order valence-corrected chi connectivity index (χ0v) is 15.7. The predicted octanol–water partition coefficient (Wildman–Crippen LogP) is 6.53. The quantitative estimate of drug-likeness (QED) is 0.559. The first kappa shape index (κ1) is 17.8. The standard InChI is InChI=1S/C25H30/c1-3-5-21-6-8-22(9-7-21)10-11-23-14-18-25(19-15-23)24-16-12-20(4-2)13-17-24/h6-9,12-13,16-17,23,25H,3-5,14-15,18-19H2,1-2H3. The molecule has 2 aromatic carbocycles. The minimum absolute atomic E-state index is 0.571. The van der Waals surface area contributed by atoms with E-state index in [-0.39, 0.29) is 0 Å². The molecule has 0 amide bonds. The zero-order chi connectivity index (χ0) is 17.5. The van der Waals surface area contributed by atoms with Crippen molar-refractivity contribution in [1.29, 1.82) is 0 Å². The summed E-state index contributed by atoms with van der Waals surface area (Å²) < 4.78 is 0. The van der Waals surface area contributed by atoms with Gasteiger partial charge in [-0.3, -0.25) is 0 Å². The van der Waals surface area contributed by atoms with Gasteiger partial charge in [0.15, 0.2) is 0 Å². The summed E-state index contributed by atoms with van der Waals surface area (Å²) in [6.45, 7) is 4.44. The van der Waals surface area contributed by atoms with E-state index < -0.39 is 0 Å². The molecule has 0 aliphatic heterocycles. The highest BCUT2D eigenvalue weighted by Gasteiger charge is 2.21. The minimum atomic E-state index is 0.571. The molecule has 0 heteroatoms. The Morgan fingerprint density at radius 2 is 1.44 bits per heavy atom. The largest absolute Gasteiger partial charge is 0.0945 e. The topological polar surface area (TPSA) is 0 Å². The smallest absolute Gasteiger partial charge is 0.0245 e. The molecule has 1 aliphatic carbocycles. The molecule has 2 aromatic rings. The molecule has 0 radical (unpaired) electrons. The third-order valence-electron chi connectivity index (χ3n) is 5.50. The number of aryl methyl sites for hydroxylation is 2. The summed E-state index contributed by atoms with van der Waals surface area (Å²) in [6.07, 6.45) is 8.52. The van der Waals surface area contributed by atoms with Crippen molar-refractivity contribution in [3.8, 4) is 11.8 Å². The zero-order valence-electron chi connectivity index (χ0n) is 15.7. The molecule has 25 heavy (non-hydrogen) atoms. The molecular formula is C25H30. The van der Waals surface area contributed by atoms with E-state index in [1.54, 1.807) is 0 Å². The molecule has 1 fully saturated rings. The van der Waals surface area contributed by atoms with Gasteiger partial charge in [-0.15, -0.1) is 0 Å². The number of hydrogen-bond acceptors (Lipinski definition) is 0. The molecule has 1 aliphatic rings. The summed E-state index contributed by atoms with van der Waals surface area (Å²) in [6, 6.07) is 18.1. The van der Waals surface area contributed by atoms with Crippen LogP contribution in [-0.4, -0.2) is 0 Å². The van der Waals surface area contributed by atoms with E-state index in [1.165, 1.54) is 48.8 Å². The maximum absolute atomic E-state index is 3.53. The van der Waals surface area contributed by atoms with E-state index in [0.717, 1.165) is 24.3 Å². The summed E-state index contributed by atoms with van der Waals surface area (Å²) in [7, 11) is 0. The Morgan fingerprint density at radius 3 is 2.04 bits per heavy atom. The first-order chi connectivity index (χ1) is 12.3. The van der Waals surface area contributed by atoms with E-state index in [1.807, 2.05) is 0 Å². The van der Waals surface area contributed by atoms with Gasteiger partial charge in [0, 0.05) is 11.5 Å². The van der Waals surface area contributed by atoms with Crippen molar-refractivity contribution in [2.75, 3.05) is 0 Å². The van der Waals surface area contributed by atoms with Crippen LogP contribution in [0.2, 0.25) is 0 Å². The van der Waals surface area contributed by atoms with E-state index in [0.29, 0.717) is 5.92 Å². The monoisotopic (exact) mass is 330 g/mol. The van der Waals surface area contributed by atoms with Crippen LogP contribution >= 0.6 is 0 Å². The van der Waals surface area contributed by atoms with Gasteiger partial charge in [0.2, 0.25) is 0 Å². The third-order valence-corrected chi connectivity index (χ3v) is 5.50. The average Bonchev–Trinajstić information content (AvgIpc) is 2.68. The van der Waals surface area contributed by atoms with Gasteiger partial charge in [-0.1, -0.05) is 68.5 Å². The van der Waals surface area contributed by atoms with Crippen molar-refractivity contribution in [3.63, 3.8) is 0 Å². The van der Waals surface area contributed by atoms with E-state index in [9.17, 15) is 0 Å². The Morgan fingerprint density at radius 1 is 0.800 bits per heavy atom. The molecule has 0 heterocycles. The predicted molar refractivity (Wildman–Crippen MR) is 108 cm³/mol. The molecular weight excluding hydrogens is 300 g/mol. The Bertz CT molecular complexity index is 701. The second kappa shape index (κ2) is 8.91. The summed E-state index contributed by atoms with van der Waals surface area (Å²) in [5, 5.41) is 0. The molecule has 3 rings (SSSR count). The van der Waals surface area contributed by atoms with Crippen LogP contribution < -0.4 is 0 Å². The molecule has 0 N–H and O–H groups in total. The van der Waals surface area contributed by atoms with Crippen LogP contribution in [0.5, 0.6) is 0 Å². The van der Waals surface area contributed by atoms with Crippen molar-refractivity contribution < 1.29 is 0 Å². The summed E-state index contributed by atoms with van der Waals surface area (Å²) in [5.41, 5.74) is 5.54. The van der Waals surface area contributed by atoms with Gasteiger partial charge in [0.25, 0.3) is 0 Å². The lowest BCUT2D eigenvalue weighted by Crippen LogP contribution is -2.12. The molecule has 130 valence electrons. The lowest BCUT2D eigenvalue weighted by molar-refractivity contribution is 0.384. The maximum Gasteiger partial charge on any atom is 0.0245 e. The van der Waals surface area contributed by atoms with Crippen molar-refractivity contribution in [2.45, 2.75) is 64.7 Å². The summed E-state index contributed by atoms with van der Waals surface area (Å²) >= 11 is 0. The molecule has 0 atom stereocenters. The van der Waals surface area contributed by atoms with Crippen molar-refractivity contribution >= 4 is 0 Å². The lowest BCUT2D eigenvalue weighted by atomic mass is 9.79. The average molecular weight is 331 g/mol. The van der Waals surface area contributed by atoms with Crippen LogP contribution in [0.3, 0.4) is 0 Å². The van der Waals surface area contributed by atoms with Gasteiger partial charge in [0.1, 0.15) is 0 Å². The number of rotatable bonds is 4. The first-order valence-corrected chi connectivity index (χ1v) is 9.97. The molecule has 0 bridgehead atoms. The van der Waals surface area contributed by atoms with E-state index in [4.69, 9.17) is 0 Å². The molecule has 0 saturated heterocycles. The van der Waals surface area contributed by atoms with Crippen LogP contribution in [0.1, 0.15) is 74.1 Å². The Kier molecular flexibility index (Phi) is 6.35. The fourth-order valence-electron chi connectivity index (χ4n) is 3.83. The fraction of sp³-hybridized carbons (Fsp3) is 0.440. The van der Waals surface area contributed by atoms with E-state index in [2.05, 4.69) is 74.2 Å².